The van der Waals surface area contributed by atoms with Crippen molar-refractivity contribution in [2.45, 2.75) is 13.5 Å². The van der Waals surface area contributed by atoms with E-state index in [0.717, 1.165) is 26.0 Å². The summed E-state index contributed by atoms with van der Waals surface area (Å²) in [6.45, 7) is 2.36. The number of nitrogens with one attached hydrogen (secondary N) is 1. The molecule has 4 rings (SSSR count). The third-order valence-electron chi connectivity index (χ3n) is 4.29. The van der Waals surface area contributed by atoms with Crippen molar-refractivity contribution in [1.29, 1.82) is 0 Å². The van der Waals surface area contributed by atoms with Crippen molar-refractivity contribution in [1.82, 2.24) is 20.1 Å². The van der Waals surface area contributed by atoms with Crippen LogP contribution in [0.5, 0.6) is 0 Å². The van der Waals surface area contributed by atoms with Crippen molar-refractivity contribution in [3.05, 3.63) is 69.9 Å². The van der Waals surface area contributed by atoms with Gasteiger partial charge in [0, 0.05) is 17.5 Å². The average molecular weight is 413 g/mol. The van der Waals surface area contributed by atoms with Gasteiger partial charge in [-0.15, -0.1) is 22.7 Å². The molecule has 1 amide bonds. The van der Waals surface area contributed by atoms with Crippen LogP contribution in [0.25, 0.3) is 21.1 Å². The van der Waals surface area contributed by atoms with E-state index < -0.39 is 0 Å². The van der Waals surface area contributed by atoms with Gasteiger partial charge in [0.2, 0.25) is 0 Å². The van der Waals surface area contributed by atoms with Crippen LogP contribution in [0.3, 0.4) is 0 Å². The Hall–Kier alpha value is -2.84. The molecule has 0 fully saturated rings. The van der Waals surface area contributed by atoms with E-state index in [-0.39, 0.29) is 11.7 Å². The molecule has 0 unspecified atom stereocenters. The van der Waals surface area contributed by atoms with Gasteiger partial charge in [-0.2, -0.15) is 5.10 Å². The highest BCUT2D eigenvalue weighted by Gasteiger charge is 2.16. The Bertz CT molecular complexity index is 1110. The smallest absolute Gasteiger partial charge is 0.269 e. The summed E-state index contributed by atoms with van der Waals surface area (Å²) < 4.78 is 14.6. The van der Waals surface area contributed by atoms with E-state index in [1.54, 1.807) is 47.9 Å². The molecular formula is C20H17FN4OS2. The number of benzene rings is 1. The molecule has 0 radical (unpaired) electrons. The second kappa shape index (κ2) is 7.65. The molecule has 4 aromatic rings. The van der Waals surface area contributed by atoms with Crippen LogP contribution >= 0.6 is 22.7 Å². The summed E-state index contributed by atoms with van der Waals surface area (Å²) in [7, 11) is 1.72. The monoisotopic (exact) mass is 412 g/mol. The summed E-state index contributed by atoms with van der Waals surface area (Å²) in [4.78, 5) is 19.4. The molecule has 0 aliphatic rings. The van der Waals surface area contributed by atoms with Crippen LogP contribution in [0, 0.1) is 12.7 Å². The van der Waals surface area contributed by atoms with Gasteiger partial charge in [0.15, 0.2) is 0 Å². The predicted octanol–water partition coefficient (Wildman–Crippen LogP) is 4.65. The first-order valence-electron chi connectivity index (χ1n) is 8.59. The predicted molar refractivity (Wildman–Crippen MR) is 110 cm³/mol. The molecule has 5 nitrogen and oxygen atoms in total. The molecular weight excluding hydrogens is 395 g/mol. The Balaban J connectivity index is 1.48. The van der Waals surface area contributed by atoms with Crippen LogP contribution in [-0.2, 0) is 13.6 Å². The topological polar surface area (TPSA) is 59.8 Å². The van der Waals surface area contributed by atoms with Crippen molar-refractivity contribution in [3.8, 4) is 21.1 Å². The fourth-order valence-corrected chi connectivity index (χ4v) is 4.59. The van der Waals surface area contributed by atoms with E-state index >= 15 is 0 Å². The lowest BCUT2D eigenvalue weighted by Gasteiger charge is -2.04. The Kier molecular flexibility index (Phi) is 5.06. The van der Waals surface area contributed by atoms with Gasteiger partial charge < -0.3 is 5.32 Å². The summed E-state index contributed by atoms with van der Waals surface area (Å²) in [5, 5.41) is 10.3. The highest BCUT2D eigenvalue weighted by atomic mass is 32.1. The van der Waals surface area contributed by atoms with Gasteiger partial charge >= 0.3 is 0 Å². The molecule has 1 aromatic carbocycles. The fourth-order valence-electron chi connectivity index (χ4n) is 2.79. The van der Waals surface area contributed by atoms with Crippen LogP contribution in [0.15, 0.2) is 47.8 Å². The molecule has 28 heavy (non-hydrogen) atoms. The van der Waals surface area contributed by atoms with Gasteiger partial charge in [0.05, 0.1) is 22.8 Å². The maximum Gasteiger partial charge on any atom is 0.269 e. The van der Waals surface area contributed by atoms with Gasteiger partial charge in [0.25, 0.3) is 5.91 Å². The normalized spacial score (nSPS) is 11.0. The first-order valence-corrected chi connectivity index (χ1v) is 10.3. The first kappa shape index (κ1) is 18.5. The lowest BCUT2D eigenvalue weighted by Crippen LogP contribution is -2.25. The molecule has 0 aliphatic heterocycles. The highest BCUT2D eigenvalue weighted by molar-refractivity contribution is 7.21. The van der Waals surface area contributed by atoms with E-state index in [9.17, 15) is 9.18 Å². The van der Waals surface area contributed by atoms with Gasteiger partial charge in [-0.3, -0.25) is 9.48 Å². The number of thiophene rings is 1. The quantitative estimate of drug-likeness (QED) is 0.519. The van der Waals surface area contributed by atoms with E-state index in [4.69, 9.17) is 0 Å². The Morgan fingerprint density at radius 2 is 2.04 bits per heavy atom. The second-order valence-corrected chi connectivity index (χ2v) is 8.26. The third kappa shape index (κ3) is 3.74. The number of carbonyl (C=O) groups is 1. The minimum Gasteiger partial charge on any atom is -0.346 e. The van der Waals surface area contributed by atoms with Crippen LogP contribution < -0.4 is 5.32 Å². The lowest BCUT2D eigenvalue weighted by molar-refractivity contribution is 0.0942. The summed E-state index contributed by atoms with van der Waals surface area (Å²) in [6, 6.07) is 11.8. The van der Waals surface area contributed by atoms with Crippen molar-refractivity contribution in [2.24, 2.45) is 7.05 Å². The number of halogens is 1. The number of amides is 1. The van der Waals surface area contributed by atoms with Crippen LogP contribution in [-0.4, -0.2) is 20.7 Å². The molecule has 3 heterocycles. The van der Waals surface area contributed by atoms with Crippen molar-refractivity contribution >= 4 is 28.6 Å². The van der Waals surface area contributed by atoms with Crippen molar-refractivity contribution in [2.75, 3.05) is 0 Å². The zero-order valence-electron chi connectivity index (χ0n) is 15.3. The zero-order valence-corrected chi connectivity index (χ0v) is 16.9. The summed E-state index contributed by atoms with van der Waals surface area (Å²) in [5.74, 6) is -0.520. The molecule has 1 N–H and O–H groups in total. The highest BCUT2D eigenvalue weighted by Crippen LogP contribution is 2.31. The number of thiazole rings is 1. The van der Waals surface area contributed by atoms with Crippen LogP contribution in [0.1, 0.15) is 21.1 Å². The molecule has 142 valence electrons. The third-order valence-corrected chi connectivity index (χ3v) is 6.48. The number of hydrogen-bond acceptors (Lipinski definition) is 5. The number of hydrogen-bond donors (Lipinski definition) is 1. The molecule has 0 saturated carbocycles. The number of aryl methyl sites for hydroxylation is 2. The van der Waals surface area contributed by atoms with Crippen molar-refractivity contribution < 1.29 is 9.18 Å². The van der Waals surface area contributed by atoms with Gasteiger partial charge in [-0.25, -0.2) is 9.37 Å². The SMILES string of the molecule is Cc1nc(-c2cccs2)sc1CNC(=O)c1cc(-c2ccc(F)cc2)nn1C. The summed E-state index contributed by atoms with van der Waals surface area (Å²) >= 11 is 3.24. The first-order chi connectivity index (χ1) is 13.5. The van der Waals surface area contributed by atoms with E-state index in [1.165, 1.54) is 16.8 Å². The molecule has 0 saturated heterocycles. The maximum atomic E-state index is 13.1. The Morgan fingerprint density at radius 1 is 1.25 bits per heavy atom. The van der Waals surface area contributed by atoms with Gasteiger partial charge in [-0.1, -0.05) is 6.07 Å². The lowest BCUT2D eigenvalue weighted by atomic mass is 10.1. The molecule has 3 aromatic heterocycles. The van der Waals surface area contributed by atoms with Crippen LogP contribution in [0.4, 0.5) is 4.39 Å². The molecule has 0 atom stereocenters. The largest absolute Gasteiger partial charge is 0.346 e. The summed E-state index contributed by atoms with van der Waals surface area (Å²) in [5.41, 5.74) is 2.75. The minimum absolute atomic E-state index is 0.214. The number of rotatable bonds is 5. The van der Waals surface area contributed by atoms with E-state index in [2.05, 4.69) is 15.4 Å². The average Bonchev–Trinajstić information content (AvgIpc) is 3.40. The molecule has 0 bridgehead atoms. The summed E-state index contributed by atoms with van der Waals surface area (Å²) in [6.07, 6.45) is 0. The van der Waals surface area contributed by atoms with Gasteiger partial charge in [0.1, 0.15) is 16.5 Å². The van der Waals surface area contributed by atoms with E-state index in [1.807, 2.05) is 24.4 Å². The molecule has 0 spiro atoms. The number of aromatic nitrogens is 3. The van der Waals surface area contributed by atoms with Crippen molar-refractivity contribution in [3.63, 3.8) is 0 Å². The molecule has 0 aliphatic carbocycles. The standard InChI is InChI=1S/C20H17FN4OS2/c1-12-18(28-20(23-12)17-4-3-9-27-17)11-22-19(26)16-10-15(24-25(16)2)13-5-7-14(21)8-6-13/h3-10H,11H2,1-2H3,(H,22,26). The fraction of sp³-hybridized carbons (Fsp3) is 0.150. The van der Waals surface area contributed by atoms with Crippen LogP contribution in [0.2, 0.25) is 0 Å². The minimum atomic E-state index is -0.306. The Labute approximate surface area is 169 Å². The number of nitrogens with zero attached hydrogens (tertiary/aromatic N) is 3. The number of carbonyl (C=O) groups excluding carboxylic acids is 1. The molecule has 8 heteroatoms. The van der Waals surface area contributed by atoms with Gasteiger partial charge in [-0.05, 0) is 48.7 Å². The Morgan fingerprint density at radius 3 is 2.75 bits per heavy atom. The zero-order chi connectivity index (χ0) is 19.7. The van der Waals surface area contributed by atoms with E-state index in [0.29, 0.717) is 17.9 Å². The maximum absolute atomic E-state index is 13.1. The second-order valence-electron chi connectivity index (χ2n) is 6.23.